The maximum atomic E-state index is 11.8. The number of ether oxygens (including phenoxy) is 2. The van der Waals surface area contributed by atoms with E-state index in [1.54, 1.807) is 66.7 Å². The Hall–Kier alpha value is -6.94. The second-order valence-corrected chi connectivity index (χ2v) is 13.0. The molecule has 0 aliphatic carbocycles. The van der Waals surface area contributed by atoms with Gasteiger partial charge in [-0.1, -0.05) is 36.4 Å². The third-order valence-corrected chi connectivity index (χ3v) is 9.57. The monoisotopic (exact) mass is 696 g/mol. The number of aromatic hydroxyl groups is 8. The first kappa shape index (κ1) is 32.3. The molecule has 2 heterocycles. The van der Waals surface area contributed by atoms with Crippen LogP contribution < -0.4 is 9.47 Å². The standard InChI is InChI=1S/C42H32O10/c43-26-7-3-21(4-8-26)1-2-22-13-33(49)39-35(14-22)52-42(31-12-11-28(45)20-32(31)48)38(39)25-17-34(50)40-36(18-25)51-41(23-5-9-27(44)10-6-23)37(40)24-15-29(46)19-30(47)16-24/h1-20,37-38,41-50H/b2-1+/t37-,38+,41-,42-/m1/s1. The zero-order valence-electron chi connectivity index (χ0n) is 27.3. The maximum absolute atomic E-state index is 11.8. The van der Waals surface area contributed by atoms with Crippen molar-refractivity contribution in [2.75, 3.05) is 0 Å². The highest BCUT2D eigenvalue weighted by Gasteiger charge is 2.44. The molecule has 2 aliphatic heterocycles. The third-order valence-electron chi connectivity index (χ3n) is 9.57. The Kier molecular flexibility index (Phi) is 7.72. The van der Waals surface area contributed by atoms with E-state index in [2.05, 4.69) is 0 Å². The molecule has 0 amide bonds. The third kappa shape index (κ3) is 5.75. The summed E-state index contributed by atoms with van der Waals surface area (Å²) in [7, 11) is 0. The van der Waals surface area contributed by atoms with Crippen LogP contribution in [0.3, 0.4) is 0 Å². The number of benzene rings is 6. The average molecular weight is 697 g/mol. The molecule has 0 spiro atoms. The molecule has 0 radical (unpaired) electrons. The summed E-state index contributed by atoms with van der Waals surface area (Å²) in [6.45, 7) is 0. The van der Waals surface area contributed by atoms with E-state index in [-0.39, 0.29) is 46.0 Å². The minimum Gasteiger partial charge on any atom is -0.508 e. The topological polar surface area (TPSA) is 180 Å². The molecule has 52 heavy (non-hydrogen) atoms. The van der Waals surface area contributed by atoms with E-state index < -0.39 is 24.0 Å². The van der Waals surface area contributed by atoms with Gasteiger partial charge in [-0.3, -0.25) is 0 Å². The van der Waals surface area contributed by atoms with Gasteiger partial charge in [0, 0.05) is 28.8 Å². The van der Waals surface area contributed by atoms with Crippen molar-refractivity contribution in [3.63, 3.8) is 0 Å². The Morgan fingerprint density at radius 1 is 0.385 bits per heavy atom. The Morgan fingerprint density at radius 3 is 1.60 bits per heavy atom. The molecule has 0 bridgehead atoms. The largest absolute Gasteiger partial charge is 0.508 e. The lowest BCUT2D eigenvalue weighted by Crippen LogP contribution is -2.12. The minimum atomic E-state index is -0.914. The molecule has 0 saturated heterocycles. The van der Waals surface area contributed by atoms with E-state index in [0.717, 1.165) is 5.56 Å². The molecule has 4 atom stereocenters. The molecule has 8 rings (SSSR count). The second kappa shape index (κ2) is 12.4. The summed E-state index contributed by atoms with van der Waals surface area (Å²) in [6.07, 6.45) is 1.95. The summed E-state index contributed by atoms with van der Waals surface area (Å²) in [4.78, 5) is 0. The van der Waals surface area contributed by atoms with Gasteiger partial charge in [0.25, 0.3) is 0 Å². The smallest absolute Gasteiger partial charge is 0.138 e. The van der Waals surface area contributed by atoms with Crippen LogP contribution in [-0.4, -0.2) is 40.9 Å². The molecule has 0 aromatic heterocycles. The van der Waals surface area contributed by atoms with Crippen molar-refractivity contribution in [2.24, 2.45) is 0 Å². The van der Waals surface area contributed by atoms with Crippen molar-refractivity contribution in [3.05, 3.63) is 154 Å². The Labute approximate surface area is 297 Å². The van der Waals surface area contributed by atoms with Gasteiger partial charge < -0.3 is 50.3 Å². The van der Waals surface area contributed by atoms with Crippen LogP contribution >= 0.6 is 0 Å². The summed E-state index contributed by atoms with van der Waals surface area (Å²) in [5.41, 5.74) is 4.19. The van der Waals surface area contributed by atoms with Gasteiger partial charge in [0.15, 0.2) is 0 Å². The zero-order chi connectivity index (χ0) is 36.3. The van der Waals surface area contributed by atoms with Gasteiger partial charge in [-0.2, -0.15) is 0 Å². The van der Waals surface area contributed by atoms with E-state index in [9.17, 15) is 40.9 Å². The van der Waals surface area contributed by atoms with Crippen LogP contribution in [0.4, 0.5) is 0 Å². The Morgan fingerprint density at radius 2 is 0.923 bits per heavy atom. The van der Waals surface area contributed by atoms with Gasteiger partial charge in [0.2, 0.25) is 0 Å². The summed E-state index contributed by atoms with van der Waals surface area (Å²) < 4.78 is 13.0. The summed E-state index contributed by atoms with van der Waals surface area (Å²) in [5.74, 6) is -1.61. The first-order valence-electron chi connectivity index (χ1n) is 16.4. The molecule has 260 valence electrons. The number of phenolic OH excluding ortho intramolecular Hbond substituents is 8. The number of phenols is 8. The summed E-state index contributed by atoms with van der Waals surface area (Å²) in [5, 5.41) is 84.8. The highest BCUT2D eigenvalue weighted by atomic mass is 16.5. The van der Waals surface area contributed by atoms with Crippen molar-refractivity contribution < 1.29 is 50.3 Å². The molecule has 0 saturated carbocycles. The van der Waals surface area contributed by atoms with Crippen LogP contribution in [0, 0.1) is 0 Å². The van der Waals surface area contributed by atoms with E-state index in [4.69, 9.17) is 9.47 Å². The number of rotatable bonds is 6. The minimum absolute atomic E-state index is 0.0539. The highest BCUT2D eigenvalue weighted by molar-refractivity contribution is 5.73. The summed E-state index contributed by atoms with van der Waals surface area (Å²) >= 11 is 0. The van der Waals surface area contributed by atoms with Gasteiger partial charge in [-0.25, -0.2) is 0 Å². The molecule has 6 aromatic carbocycles. The number of hydrogen-bond donors (Lipinski definition) is 8. The SMILES string of the molecule is Oc1ccc(/C=C/c2cc(O)c3c(c2)O[C@H](c2ccc(O)cc2O)[C@H]3c2cc(O)c3c(c2)O[C@H](c2ccc(O)cc2)[C@@H]3c2cc(O)cc(O)c2)cc1. The molecular formula is C42H32O10. The van der Waals surface area contributed by atoms with Crippen molar-refractivity contribution in [2.45, 2.75) is 24.0 Å². The van der Waals surface area contributed by atoms with Crippen LogP contribution in [0.2, 0.25) is 0 Å². The molecule has 8 N–H and O–H groups in total. The Bertz CT molecular complexity index is 2350. The van der Waals surface area contributed by atoms with Gasteiger partial charge in [-0.15, -0.1) is 0 Å². The fourth-order valence-corrected chi connectivity index (χ4v) is 7.27. The predicted molar refractivity (Wildman–Crippen MR) is 191 cm³/mol. The maximum Gasteiger partial charge on any atom is 0.138 e. The van der Waals surface area contributed by atoms with Crippen molar-refractivity contribution in [1.29, 1.82) is 0 Å². The van der Waals surface area contributed by atoms with Crippen LogP contribution in [0.5, 0.6) is 57.5 Å². The van der Waals surface area contributed by atoms with Crippen molar-refractivity contribution >= 4 is 12.2 Å². The first-order valence-corrected chi connectivity index (χ1v) is 16.4. The van der Waals surface area contributed by atoms with Crippen LogP contribution in [0.25, 0.3) is 12.2 Å². The fraction of sp³-hybridized carbons (Fsp3) is 0.0952. The molecule has 10 nitrogen and oxygen atoms in total. The quantitative estimate of drug-likeness (QED) is 0.0795. The summed E-state index contributed by atoms with van der Waals surface area (Å²) in [6, 6.07) is 28.0. The molecule has 0 unspecified atom stereocenters. The highest BCUT2D eigenvalue weighted by Crippen LogP contribution is 2.59. The lowest BCUT2D eigenvalue weighted by atomic mass is 9.81. The fourth-order valence-electron chi connectivity index (χ4n) is 7.27. The van der Waals surface area contributed by atoms with Gasteiger partial charge in [-0.05, 0) is 101 Å². The first-order chi connectivity index (χ1) is 25.0. The van der Waals surface area contributed by atoms with E-state index >= 15 is 0 Å². The molecule has 6 aromatic rings. The van der Waals surface area contributed by atoms with Gasteiger partial charge >= 0.3 is 0 Å². The second-order valence-electron chi connectivity index (χ2n) is 13.0. The lowest BCUT2D eigenvalue weighted by molar-refractivity contribution is 0.215. The normalized spacial score (nSPS) is 18.8. The Balaban J connectivity index is 1.26. The van der Waals surface area contributed by atoms with Crippen LogP contribution in [-0.2, 0) is 0 Å². The van der Waals surface area contributed by atoms with E-state index in [1.165, 1.54) is 48.5 Å². The molecule has 10 heteroatoms. The molecule has 0 fully saturated rings. The van der Waals surface area contributed by atoms with Gasteiger partial charge in [0.1, 0.15) is 69.7 Å². The van der Waals surface area contributed by atoms with E-state index in [1.807, 2.05) is 6.08 Å². The zero-order valence-corrected chi connectivity index (χ0v) is 27.3. The molecule has 2 aliphatic rings. The number of fused-ring (bicyclic) bond motifs is 2. The van der Waals surface area contributed by atoms with Crippen LogP contribution in [0.1, 0.15) is 68.6 Å². The van der Waals surface area contributed by atoms with E-state index in [0.29, 0.717) is 50.4 Å². The number of hydrogen-bond acceptors (Lipinski definition) is 10. The van der Waals surface area contributed by atoms with Crippen LogP contribution in [0.15, 0.2) is 109 Å². The lowest BCUT2D eigenvalue weighted by Gasteiger charge is -2.22. The van der Waals surface area contributed by atoms with Gasteiger partial charge in [0.05, 0.1) is 11.8 Å². The van der Waals surface area contributed by atoms with Crippen molar-refractivity contribution in [3.8, 4) is 57.5 Å². The average Bonchev–Trinajstić information content (AvgIpc) is 3.68. The predicted octanol–water partition coefficient (Wildman–Crippen LogP) is 8.03. The van der Waals surface area contributed by atoms with Crippen molar-refractivity contribution in [1.82, 2.24) is 0 Å². The molecular weight excluding hydrogens is 664 g/mol.